The lowest BCUT2D eigenvalue weighted by Crippen LogP contribution is -2.31. The summed E-state index contributed by atoms with van der Waals surface area (Å²) in [5.41, 5.74) is 0. The molecule has 0 unspecified atom stereocenters. The molecule has 13 heavy (non-hydrogen) atoms. The molecule has 1 aliphatic heterocycles. The highest BCUT2D eigenvalue weighted by Crippen LogP contribution is 2.29. The zero-order valence-electron chi connectivity index (χ0n) is 7.62. The molecule has 2 rings (SSSR count). The molecule has 5 heteroatoms. The van der Waals surface area contributed by atoms with Gasteiger partial charge in [0, 0.05) is 11.8 Å². The third-order valence-corrected chi connectivity index (χ3v) is 4.22. The summed E-state index contributed by atoms with van der Waals surface area (Å²) in [6, 6.07) is 0. The molecule has 3 nitrogen and oxygen atoms in total. The first-order valence-corrected chi connectivity index (χ1v) is 6.22. The van der Waals surface area contributed by atoms with Crippen molar-refractivity contribution in [2.75, 3.05) is 13.1 Å². The number of hydrogen-bond donors (Lipinski definition) is 1. The molecule has 0 amide bonds. The Hall–Kier alpha value is -0.130. The van der Waals surface area contributed by atoms with E-state index in [1.54, 1.807) is 11.3 Å². The zero-order valence-corrected chi connectivity index (χ0v) is 9.25. The van der Waals surface area contributed by atoms with Gasteiger partial charge in [0.25, 0.3) is 0 Å². The summed E-state index contributed by atoms with van der Waals surface area (Å²) in [6.07, 6.45) is 2.59. The van der Waals surface area contributed by atoms with Crippen LogP contribution in [0.25, 0.3) is 0 Å². The fraction of sp³-hybridized carbons (Fsp3) is 0.750. The van der Waals surface area contributed by atoms with E-state index < -0.39 is 0 Å². The van der Waals surface area contributed by atoms with E-state index >= 15 is 0 Å². The van der Waals surface area contributed by atoms with E-state index in [2.05, 4.69) is 15.5 Å². The summed E-state index contributed by atoms with van der Waals surface area (Å²) in [5, 5.41) is 13.3. The van der Waals surface area contributed by atoms with Crippen molar-refractivity contribution >= 4 is 23.1 Å². The molecule has 0 bridgehead atoms. The molecule has 1 aromatic heterocycles. The summed E-state index contributed by atoms with van der Waals surface area (Å²) in [7, 11) is 0. The molecule has 1 atom stereocenters. The van der Waals surface area contributed by atoms with E-state index in [0.29, 0.717) is 5.25 Å². The van der Waals surface area contributed by atoms with Crippen LogP contribution in [-0.2, 0) is 0 Å². The van der Waals surface area contributed by atoms with Gasteiger partial charge in [0.05, 0.1) is 0 Å². The van der Waals surface area contributed by atoms with Crippen molar-refractivity contribution in [3.05, 3.63) is 5.01 Å². The molecular formula is C8H13N3S2. The van der Waals surface area contributed by atoms with Gasteiger partial charge in [-0.2, -0.15) is 0 Å². The Balaban J connectivity index is 1.89. The topological polar surface area (TPSA) is 37.8 Å². The molecule has 72 valence electrons. The van der Waals surface area contributed by atoms with Gasteiger partial charge in [0.15, 0.2) is 4.34 Å². The third kappa shape index (κ3) is 2.65. The first-order valence-electron chi connectivity index (χ1n) is 4.52. The lowest BCUT2D eigenvalue weighted by molar-refractivity contribution is 0.531. The standard InChI is InChI=1S/C8H13N3S2/c1-6-10-11-8(12-6)13-7-3-2-4-9-5-7/h7,9H,2-5H2,1H3/t7-/m1/s1. The Morgan fingerprint density at radius 1 is 1.54 bits per heavy atom. The van der Waals surface area contributed by atoms with Gasteiger partial charge in [-0.05, 0) is 26.3 Å². The quantitative estimate of drug-likeness (QED) is 0.814. The van der Waals surface area contributed by atoms with Crippen LogP contribution in [0.3, 0.4) is 0 Å². The largest absolute Gasteiger partial charge is 0.316 e. The lowest BCUT2D eigenvalue weighted by Gasteiger charge is -2.20. The monoisotopic (exact) mass is 215 g/mol. The fourth-order valence-corrected chi connectivity index (χ4v) is 3.63. The van der Waals surface area contributed by atoms with Crippen LogP contribution < -0.4 is 5.32 Å². The number of aromatic nitrogens is 2. The molecule has 1 aromatic rings. The smallest absolute Gasteiger partial charge is 0.174 e. The Kier molecular flexibility index (Phi) is 3.18. The molecule has 0 radical (unpaired) electrons. The van der Waals surface area contributed by atoms with Crippen LogP contribution in [-0.4, -0.2) is 28.5 Å². The van der Waals surface area contributed by atoms with Gasteiger partial charge in [-0.1, -0.05) is 23.1 Å². The average Bonchev–Trinajstić information content (AvgIpc) is 2.53. The highest BCUT2D eigenvalue weighted by atomic mass is 32.2. The van der Waals surface area contributed by atoms with E-state index in [0.717, 1.165) is 15.9 Å². The normalized spacial score (nSPS) is 23.3. The molecule has 0 saturated carbocycles. The van der Waals surface area contributed by atoms with Gasteiger partial charge in [-0.3, -0.25) is 0 Å². The molecule has 1 saturated heterocycles. The molecule has 0 aromatic carbocycles. The lowest BCUT2D eigenvalue weighted by atomic mass is 10.2. The number of nitrogens with one attached hydrogen (secondary N) is 1. The van der Waals surface area contributed by atoms with E-state index in [1.807, 2.05) is 18.7 Å². The molecule has 1 fully saturated rings. The summed E-state index contributed by atoms with van der Waals surface area (Å²) in [5.74, 6) is 0. The number of thioether (sulfide) groups is 1. The molecular weight excluding hydrogens is 202 g/mol. The Labute approximate surface area is 86.3 Å². The minimum atomic E-state index is 0.695. The Morgan fingerprint density at radius 2 is 2.46 bits per heavy atom. The summed E-state index contributed by atoms with van der Waals surface area (Å²) < 4.78 is 1.12. The van der Waals surface area contributed by atoms with E-state index in [-0.39, 0.29) is 0 Å². The molecule has 2 heterocycles. The van der Waals surface area contributed by atoms with E-state index in [9.17, 15) is 0 Å². The van der Waals surface area contributed by atoms with Gasteiger partial charge in [-0.15, -0.1) is 10.2 Å². The van der Waals surface area contributed by atoms with Crippen molar-refractivity contribution in [3.63, 3.8) is 0 Å². The van der Waals surface area contributed by atoms with Crippen LogP contribution in [0.15, 0.2) is 4.34 Å². The second-order valence-corrected chi connectivity index (χ2v) is 5.90. The van der Waals surface area contributed by atoms with Crippen molar-refractivity contribution < 1.29 is 0 Å². The van der Waals surface area contributed by atoms with E-state index in [1.165, 1.54) is 19.4 Å². The predicted octanol–water partition coefficient (Wildman–Crippen LogP) is 1.69. The maximum atomic E-state index is 4.11. The highest BCUT2D eigenvalue weighted by molar-refractivity contribution is 8.01. The fourth-order valence-electron chi connectivity index (χ4n) is 1.39. The van der Waals surface area contributed by atoms with Crippen molar-refractivity contribution in [3.8, 4) is 0 Å². The van der Waals surface area contributed by atoms with Crippen molar-refractivity contribution in [2.45, 2.75) is 29.4 Å². The Bertz CT molecular complexity index is 268. The van der Waals surface area contributed by atoms with Crippen LogP contribution in [0.1, 0.15) is 17.8 Å². The number of aryl methyl sites for hydroxylation is 1. The highest BCUT2D eigenvalue weighted by Gasteiger charge is 2.15. The summed E-state index contributed by atoms with van der Waals surface area (Å²) >= 11 is 3.56. The van der Waals surface area contributed by atoms with Crippen molar-refractivity contribution in [1.82, 2.24) is 15.5 Å². The SMILES string of the molecule is Cc1nnc(S[C@@H]2CCCNC2)s1. The molecule has 0 aliphatic carbocycles. The number of nitrogens with zero attached hydrogens (tertiary/aromatic N) is 2. The number of hydrogen-bond acceptors (Lipinski definition) is 5. The maximum Gasteiger partial charge on any atom is 0.174 e. The molecule has 1 aliphatic rings. The van der Waals surface area contributed by atoms with Crippen LogP contribution in [0.4, 0.5) is 0 Å². The van der Waals surface area contributed by atoms with Crippen LogP contribution in [0, 0.1) is 6.92 Å². The first-order chi connectivity index (χ1) is 6.34. The first kappa shape index (κ1) is 9.43. The minimum absolute atomic E-state index is 0.695. The Morgan fingerprint density at radius 3 is 3.08 bits per heavy atom. The minimum Gasteiger partial charge on any atom is -0.316 e. The van der Waals surface area contributed by atoms with Gasteiger partial charge in [-0.25, -0.2) is 0 Å². The van der Waals surface area contributed by atoms with Crippen LogP contribution in [0.5, 0.6) is 0 Å². The predicted molar refractivity (Wildman–Crippen MR) is 56.4 cm³/mol. The van der Waals surface area contributed by atoms with Gasteiger partial charge < -0.3 is 5.32 Å². The molecule has 0 spiro atoms. The average molecular weight is 215 g/mol. The van der Waals surface area contributed by atoms with Gasteiger partial charge in [0.2, 0.25) is 0 Å². The zero-order chi connectivity index (χ0) is 9.10. The van der Waals surface area contributed by atoms with Crippen molar-refractivity contribution in [1.29, 1.82) is 0 Å². The van der Waals surface area contributed by atoms with Crippen LogP contribution in [0.2, 0.25) is 0 Å². The number of rotatable bonds is 2. The maximum absolute atomic E-state index is 4.11. The number of piperidine rings is 1. The van der Waals surface area contributed by atoms with E-state index in [4.69, 9.17) is 0 Å². The van der Waals surface area contributed by atoms with Gasteiger partial charge >= 0.3 is 0 Å². The van der Waals surface area contributed by atoms with Crippen molar-refractivity contribution in [2.24, 2.45) is 0 Å². The second-order valence-electron chi connectivity index (χ2n) is 3.17. The third-order valence-electron chi connectivity index (χ3n) is 2.03. The summed E-state index contributed by atoms with van der Waals surface area (Å²) in [6.45, 7) is 4.29. The van der Waals surface area contributed by atoms with Crippen LogP contribution >= 0.6 is 23.1 Å². The van der Waals surface area contributed by atoms with Gasteiger partial charge in [0.1, 0.15) is 5.01 Å². The second kappa shape index (κ2) is 4.39. The molecule has 1 N–H and O–H groups in total. The summed E-state index contributed by atoms with van der Waals surface area (Å²) in [4.78, 5) is 0.